The monoisotopic (exact) mass is 216 g/mol. The van der Waals surface area contributed by atoms with Gasteiger partial charge in [0.25, 0.3) is 0 Å². The molecular weight excluding hydrogens is 192 g/mol. The molecule has 0 aromatic heterocycles. The minimum atomic E-state index is -0.460. The smallest absolute Gasteiger partial charge is 0.237 e. The molecule has 2 atom stereocenters. The van der Waals surface area contributed by atoms with Crippen LogP contribution in [0.25, 0.3) is 0 Å². The first-order chi connectivity index (χ1) is 7.02. The maximum absolute atomic E-state index is 11.6. The van der Waals surface area contributed by atoms with Crippen molar-refractivity contribution in [3.63, 3.8) is 0 Å². The third kappa shape index (κ3) is 5.74. The van der Waals surface area contributed by atoms with Crippen LogP contribution in [-0.4, -0.2) is 31.7 Å². The maximum atomic E-state index is 11.6. The van der Waals surface area contributed by atoms with E-state index in [1.165, 1.54) is 0 Å². The largest absolute Gasteiger partial charge is 0.385 e. The van der Waals surface area contributed by atoms with E-state index < -0.39 is 6.04 Å². The molecule has 0 aromatic rings. The summed E-state index contributed by atoms with van der Waals surface area (Å²) in [4.78, 5) is 11.6. The van der Waals surface area contributed by atoms with E-state index in [0.29, 0.717) is 18.9 Å². The summed E-state index contributed by atoms with van der Waals surface area (Å²) in [7, 11) is 1.60. The Bertz CT molecular complexity index is 183. The molecule has 0 spiro atoms. The fraction of sp³-hybridized carbons (Fsp3) is 0.909. The normalized spacial score (nSPS) is 15.1. The molecule has 0 saturated carbocycles. The predicted octanol–water partition coefficient (Wildman–Crippen LogP) is 0.901. The molecule has 4 heteroatoms. The van der Waals surface area contributed by atoms with Crippen molar-refractivity contribution in [2.75, 3.05) is 13.7 Å². The Balaban J connectivity index is 3.98. The van der Waals surface area contributed by atoms with Gasteiger partial charge in [0.15, 0.2) is 0 Å². The summed E-state index contributed by atoms with van der Waals surface area (Å²) < 4.78 is 4.88. The van der Waals surface area contributed by atoms with Crippen molar-refractivity contribution in [1.29, 1.82) is 0 Å². The van der Waals surface area contributed by atoms with Gasteiger partial charge in [-0.25, -0.2) is 0 Å². The summed E-state index contributed by atoms with van der Waals surface area (Å²) in [5, 5.41) is 2.96. The number of hydrogen-bond acceptors (Lipinski definition) is 3. The zero-order valence-electron chi connectivity index (χ0n) is 10.2. The summed E-state index contributed by atoms with van der Waals surface area (Å²) in [6.45, 7) is 6.77. The fourth-order valence-electron chi connectivity index (χ4n) is 1.41. The molecule has 0 aliphatic carbocycles. The van der Waals surface area contributed by atoms with E-state index >= 15 is 0 Å². The first-order valence-corrected chi connectivity index (χ1v) is 5.57. The molecule has 0 bridgehead atoms. The van der Waals surface area contributed by atoms with Crippen molar-refractivity contribution < 1.29 is 9.53 Å². The minimum absolute atomic E-state index is 0.0763. The van der Waals surface area contributed by atoms with Gasteiger partial charge >= 0.3 is 0 Å². The van der Waals surface area contributed by atoms with Crippen LogP contribution in [0.3, 0.4) is 0 Å². The standard InChI is InChI=1S/C11H24N2O2/c1-5-10(8(2)3)13-11(14)9(12)6-7-15-4/h8-10H,5-7,12H2,1-4H3,(H,13,14). The van der Waals surface area contributed by atoms with Crippen LogP contribution in [-0.2, 0) is 9.53 Å². The van der Waals surface area contributed by atoms with E-state index in [2.05, 4.69) is 26.1 Å². The zero-order valence-corrected chi connectivity index (χ0v) is 10.2. The van der Waals surface area contributed by atoms with Crippen LogP contribution in [0.5, 0.6) is 0 Å². The highest BCUT2D eigenvalue weighted by molar-refractivity contribution is 5.81. The fourth-order valence-corrected chi connectivity index (χ4v) is 1.41. The molecule has 90 valence electrons. The lowest BCUT2D eigenvalue weighted by molar-refractivity contribution is -0.123. The molecule has 0 aliphatic heterocycles. The number of carbonyl (C=O) groups is 1. The topological polar surface area (TPSA) is 64.4 Å². The second-order valence-electron chi connectivity index (χ2n) is 4.16. The van der Waals surface area contributed by atoms with E-state index in [1.807, 2.05) is 0 Å². The Morgan fingerprint density at radius 1 is 1.47 bits per heavy atom. The van der Waals surface area contributed by atoms with E-state index in [0.717, 1.165) is 6.42 Å². The number of methoxy groups -OCH3 is 1. The van der Waals surface area contributed by atoms with Crippen molar-refractivity contribution >= 4 is 5.91 Å². The van der Waals surface area contributed by atoms with Crippen LogP contribution in [0.15, 0.2) is 0 Å². The number of amides is 1. The highest BCUT2D eigenvalue weighted by atomic mass is 16.5. The Morgan fingerprint density at radius 3 is 2.47 bits per heavy atom. The maximum Gasteiger partial charge on any atom is 0.237 e. The Morgan fingerprint density at radius 2 is 2.07 bits per heavy atom. The van der Waals surface area contributed by atoms with Crippen molar-refractivity contribution in [2.24, 2.45) is 11.7 Å². The van der Waals surface area contributed by atoms with Gasteiger partial charge in [0.1, 0.15) is 0 Å². The molecule has 0 aliphatic rings. The SMILES string of the molecule is CCC(NC(=O)C(N)CCOC)C(C)C. The van der Waals surface area contributed by atoms with Gasteiger partial charge in [-0.15, -0.1) is 0 Å². The average Bonchev–Trinajstić information content (AvgIpc) is 2.21. The minimum Gasteiger partial charge on any atom is -0.385 e. The van der Waals surface area contributed by atoms with Crippen LogP contribution < -0.4 is 11.1 Å². The van der Waals surface area contributed by atoms with E-state index in [9.17, 15) is 4.79 Å². The van der Waals surface area contributed by atoms with Crippen LogP contribution in [0.4, 0.5) is 0 Å². The number of rotatable bonds is 7. The first kappa shape index (κ1) is 14.4. The highest BCUT2D eigenvalue weighted by Gasteiger charge is 2.18. The lowest BCUT2D eigenvalue weighted by Gasteiger charge is -2.22. The van der Waals surface area contributed by atoms with Crippen LogP contribution in [0.1, 0.15) is 33.6 Å². The summed E-state index contributed by atoms with van der Waals surface area (Å²) >= 11 is 0. The quantitative estimate of drug-likeness (QED) is 0.664. The molecule has 0 radical (unpaired) electrons. The van der Waals surface area contributed by atoms with Crippen molar-refractivity contribution in [1.82, 2.24) is 5.32 Å². The number of carbonyl (C=O) groups excluding carboxylic acids is 1. The summed E-state index contributed by atoms with van der Waals surface area (Å²) in [6.07, 6.45) is 1.50. The number of nitrogens with one attached hydrogen (secondary N) is 1. The molecule has 0 rings (SSSR count). The van der Waals surface area contributed by atoms with Crippen LogP contribution in [0.2, 0.25) is 0 Å². The van der Waals surface area contributed by atoms with Gasteiger partial charge in [-0.2, -0.15) is 0 Å². The molecule has 0 saturated heterocycles. The second kappa shape index (κ2) is 7.65. The van der Waals surface area contributed by atoms with Crippen molar-refractivity contribution in [2.45, 2.75) is 45.7 Å². The highest BCUT2D eigenvalue weighted by Crippen LogP contribution is 2.05. The Labute approximate surface area is 92.6 Å². The number of hydrogen-bond donors (Lipinski definition) is 2. The van der Waals surface area contributed by atoms with Gasteiger partial charge in [-0.3, -0.25) is 4.79 Å². The molecule has 2 unspecified atom stereocenters. The van der Waals surface area contributed by atoms with Gasteiger partial charge in [0.05, 0.1) is 6.04 Å². The zero-order chi connectivity index (χ0) is 11.8. The molecule has 0 heterocycles. The van der Waals surface area contributed by atoms with E-state index in [-0.39, 0.29) is 11.9 Å². The Kier molecular flexibility index (Phi) is 7.34. The average molecular weight is 216 g/mol. The van der Waals surface area contributed by atoms with Gasteiger partial charge in [0.2, 0.25) is 5.91 Å². The lowest BCUT2D eigenvalue weighted by Crippen LogP contribution is -2.47. The first-order valence-electron chi connectivity index (χ1n) is 5.57. The summed E-state index contributed by atoms with van der Waals surface area (Å²) in [5.74, 6) is 0.362. The second-order valence-corrected chi connectivity index (χ2v) is 4.16. The number of nitrogens with two attached hydrogens (primary N) is 1. The van der Waals surface area contributed by atoms with Gasteiger partial charge in [-0.1, -0.05) is 20.8 Å². The molecule has 0 aromatic carbocycles. The van der Waals surface area contributed by atoms with Crippen molar-refractivity contribution in [3.05, 3.63) is 0 Å². The van der Waals surface area contributed by atoms with E-state index in [4.69, 9.17) is 10.5 Å². The van der Waals surface area contributed by atoms with Crippen molar-refractivity contribution in [3.8, 4) is 0 Å². The van der Waals surface area contributed by atoms with E-state index in [1.54, 1.807) is 7.11 Å². The molecule has 0 fully saturated rings. The molecule has 3 N–H and O–H groups in total. The molecule has 15 heavy (non-hydrogen) atoms. The number of ether oxygens (including phenoxy) is 1. The van der Waals surface area contributed by atoms with Crippen LogP contribution >= 0.6 is 0 Å². The van der Waals surface area contributed by atoms with Gasteiger partial charge < -0.3 is 15.8 Å². The van der Waals surface area contributed by atoms with Gasteiger partial charge in [-0.05, 0) is 18.8 Å². The molecule has 1 amide bonds. The van der Waals surface area contributed by atoms with Gasteiger partial charge in [0, 0.05) is 19.8 Å². The Hall–Kier alpha value is -0.610. The molecule has 4 nitrogen and oxygen atoms in total. The summed E-state index contributed by atoms with van der Waals surface area (Å²) in [6, 6.07) is -0.246. The third-order valence-electron chi connectivity index (χ3n) is 2.54. The summed E-state index contributed by atoms with van der Waals surface area (Å²) in [5.41, 5.74) is 5.71. The predicted molar refractivity (Wildman–Crippen MR) is 61.5 cm³/mol. The third-order valence-corrected chi connectivity index (χ3v) is 2.54. The van der Waals surface area contributed by atoms with Crippen LogP contribution in [0, 0.1) is 5.92 Å². The molecular formula is C11H24N2O2. The lowest BCUT2D eigenvalue weighted by atomic mass is 10.0.